The van der Waals surface area contributed by atoms with Crippen molar-refractivity contribution in [3.8, 4) is 0 Å². The molecule has 0 aromatic heterocycles. The number of aliphatic hydroxyl groups is 1. The molecule has 0 aliphatic carbocycles. The smallest absolute Gasteiger partial charge is 0.330 e. The number of halogens is 10. The third kappa shape index (κ3) is 151. The van der Waals surface area contributed by atoms with E-state index in [9.17, 15) is 43.2 Å². The second-order valence-electron chi connectivity index (χ2n) is 35.0. The molecule has 121 heavy (non-hydrogen) atoms. The predicted molar refractivity (Wildman–Crippen MR) is 564 cm³/mol. The SMILES string of the molecule is C=CC(=O)O.C=CC(=O)OCC.C=CCCC.C=CCOC(=O)C(C)(C)Br.CC.CC(C)(Br)C(=O)OCCC[Si](C)(C)Cl.CC[Si](C)(C)Cl.CC[Si](C)(C)OC(=O)C(Br)CC(CC(C)(C)C)C(=O)OC.CO.COC(=O)C(CC(Br)C(=O)O)CC(C)(C)C.CO[Si](C)(C)CCCOC(=O)C(C)(C)Br.C[SiH](C)Cl.C[SiH](C)Cl.C[Si](C)(C)N[Si](C)(C)C.Cl. The minimum absolute atomic E-state index is 0. The van der Waals surface area contributed by atoms with Crippen LogP contribution in [0.4, 0.5) is 0 Å². The first kappa shape index (κ1) is 155. The second-order valence-corrected chi connectivity index (χ2v) is 85.5. The van der Waals surface area contributed by atoms with Crippen LogP contribution in [-0.2, 0) is 80.4 Å². The number of aliphatic hydroxyl groups excluding tert-OH is 1. The quantitative estimate of drug-likeness (QED) is 0.00680. The first-order valence-electron chi connectivity index (χ1n) is 40.4. The molecule has 4 N–H and O–H groups in total. The van der Waals surface area contributed by atoms with Crippen LogP contribution in [0.2, 0.25) is 142 Å². The van der Waals surface area contributed by atoms with Gasteiger partial charge in [0.05, 0.1) is 45.9 Å². The number of carboxylic acids is 2. The largest absolute Gasteiger partial charge is 0.519 e. The number of hydrogen-bond donors (Lipinski definition) is 4. The molecule has 0 fully saturated rings. The number of methoxy groups -OCH3 is 2. The molecule has 0 amide bonds. The van der Waals surface area contributed by atoms with Crippen LogP contribution in [0, 0.1) is 22.7 Å². The molecule has 0 saturated heterocycles. The fourth-order valence-electron chi connectivity index (χ4n) is 7.04. The molecule has 0 heterocycles. The Bertz CT molecular complexity index is 2630. The van der Waals surface area contributed by atoms with E-state index in [1.165, 1.54) is 32.8 Å². The number of hydrogen-bond acceptors (Lipinski definition) is 19. The van der Waals surface area contributed by atoms with Gasteiger partial charge in [-0.1, -0.05) is 286 Å². The summed E-state index contributed by atoms with van der Waals surface area (Å²) in [5.74, 6) is -4.57. The Morgan fingerprint density at radius 3 is 0.983 bits per heavy atom. The van der Waals surface area contributed by atoms with Crippen LogP contribution in [0.1, 0.15) is 176 Å². The Morgan fingerprint density at radius 1 is 0.496 bits per heavy atom. The third-order valence-electron chi connectivity index (χ3n) is 12.9. The molecule has 0 aliphatic rings. The van der Waals surface area contributed by atoms with Crippen molar-refractivity contribution < 1.29 is 95.7 Å². The lowest BCUT2D eigenvalue weighted by Crippen LogP contribution is -2.55. The zero-order chi connectivity index (χ0) is 99.7. The highest BCUT2D eigenvalue weighted by Gasteiger charge is 2.35. The molecule has 4 unspecified atom stereocenters. The van der Waals surface area contributed by atoms with Gasteiger partial charge in [0.25, 0.3) is 0 Å². The van der Waals surface area contributed by atoms with Crippen molar-refractivity contribution in [1.82, 2.24) is 4.65 Å². The maximum atomic E-state index is 12.1. The Labute approximate surface area is 815 Å². The molecule has 0 radical (unpaired) electrons. The van der Waals surface area contributed by atoms with Crippen LogP contribution in [0.3, 0.4) is 0 Å². The molecular formula is C82H175Br5Cl5NO20Si8. The summed E-state index contributed by atoms with van der Waals surface area (Å²) < 4.78 is 41.9. The Kier molecular flexibility index (Phi) is 110. The highest BCUT2D eigenvalue weighted by molar-refractivity contribution is 9.10. The fraction of sp³-hybridized carbons (Fsp3) is 0.793. The van der Waals surface area contributed by atoms with Gasteiger partial charge in [-0.2, -0.15) is 44.3 Å². The molecule has 0 aromatic carbocycles. The topological polar surface area (TPSA) is 300 Å². The van der Waals surface area contributed by atoms with Crippen LogP contribution < -0.4 is 4.65 Å². The van der Waals surface area contributed by atoms with Gasteiger partial charge in [0.2, 0.25) is 8.32 Å². The van der Waals surface area contributed by atoms with Crippen molar-refractivity contribution >= 4 is 254 Å². The first-order chi connectivity index (χ1) is 53.6. The molecule has 0 spiro atoms. The van der Waals surface area contributed by atoms with Gasteiger partial charge in [-0.15, -0.1) is 19.0 Å². The van der Waals surface area contributed by atoms with Crippen LogP contribution in [0.5, 0.6) is 0 Å². The van der Waals surface area contributed by atoms with Gasteiger partial charge < -0.3 is 57.2 Å². The van der Waals surface area contributed by atoms with E-state index in [0.29, 0.717) is 39.1 Å². The molecule has 4 atom stereocenters. The summed E-state index contributed by atoms with van der Waals surface area (Å²) >= 11 is 38.9. The van der Waals surface area contributed by atoms with Crippen LogP contribution in [0.25, 0.3) is 0 Å². The molecule has 0 aromatic rings. The molecule has 0 aliphatic heterocycles. The van der Waals surface area contributed by atoms with E-state index >= 15 is 0 Å². The average molecular weight is 2300 g/mol. The summed E-state index contributed by atoms with van der Waals surface area (Å²) in [5.41, 5.74) is -0.0446. The highest BCUT2D eigenvalue weighted by Crippen LogP contribution is 2.32. The second kappa shape index (κ2) is 86.4. The van der Waals surface area contributed by atoms with Crippen molar-refractivity contribution in [3.05, 3.63) is 50.6 Å². The van der Waals surface area contributed by atoms with Gasteiger partial charge >= 0.3 is 53.7 Å². The number of ether oxygens (including phenoxy) is 6. The van der Waals surface area contributed by atoms with Gasteiger partial charge in [0.1, 0.15) is 69.3 Å². The lowest BCUT2D eigenvalue weighted by atomic mass is 9.82. The fourth-order valence-corrected chi connectivity index (χ4v) is 21.0. The normalized spacial score (nSPS) is 11.9. The van der Waals surface area contributed by atoms with Crippen molar-refractivity contribution in [2.45, 2.75) is 341 Å². The van der Waals surface area contributed by atoms with Crippen molar-refractivity contribution in [1.29, 1.82) is 0 Å². The summed E-state index contributed by atoms with van der Waals surface area (Å²) in [6.07, 6.45) is 11.5. The number of allylic oxidation sites excluding steroid dienone is 1. The van der Waals surface area contributed by atoms with Crippen LogP contribution >= 0.6 is 136 Å². The lowest BCUT2D eigenvalue weighted by Gasteiger charge is -2.28. The van der Waals surface area contributed by atoms with Gasteiger partial charge in [0.15, 0.2) is 15.7 Å². The molecule has 730 valence electrons. The lowest BCUT2D eigenvalue weighted by molar-refractivity contribution is -0.148. The van der Waals surface area contributed by atoms with E-state index in [-0.39, 0.29) is 89.9 Å². The molecule has 0 saturated carbocycles. The van der Waals surface area contributed by atoms with Gasteiger partial charge in [-0.3, -0.25) is 33.6 Å². The Balaban J connectivity index is -0.0000000801. The first-order valence-corrected chi connectivity index (χ1v) is 74.4. The molecule has 0 rings (SSSR count). The number of rotatable bonds is 34. The number of carboxylic acid groups (broad SMARTS) is 2. The van der Waals surface area contributed by atoms with Gasteiger partial charge in [-0.05, 0) is 155 Å². The van der Waals surface area contributed by atoms with E-state index < -0.39 is 98.7 Å². The Hall–Kier alpha value is -0.345. The minimum Gasteiger partial charge on any atom is -0.519 e. The number of carbonyl (C=O) groups is 9. The highest BCUT2D eigenvalue weighted by atomic mass is 79.9. The van der Waals surface area contributed by atoms with Gasteiger partial charge in [-0.25, -0.2) is 9.59 Å². The standard InChI is InChI=1S/C15H29BrO4Si.C11H19BrO4.C10H21BrO3Si.C9H18BrClO2Si.C7H11BrO2.C6H19NSi2.C5H8O2.C5H10.C4H11ClSi.C3H4O2.2C2H7ClSi.C2H6.CH4O.ClH/c1-8-21(6,7)20-14(18)12(16)9-11(13(17)19-5)10-15(2,3)4;1-11(2,3)6-7(10(15)16-4)5-8(12)9(13)14;1-10(2,11)9(12)14-7-6-8-15(4,5)13-3;1-9(2,10)8(12)13-6-5-7-14(3,4)11;1-4-5-10-6(9)7(2,3)8;1-8(2,3)7-9(4,5)6;1-3-5(6)7-4-2;1-3-5-4-2;1-4-6(2,3)5;1-2-3(4)5;2*1-4(2)3;2*1-2;/h11-12H,8-10H2,1-7H3;7-8H,5-6H2,1-4H3,(H,13,14);6-8H2,1-5H3;5-7H2,1-4H3;4H,1,5H2,2-3H3;7H,1-6H3;3H,1,4H2,2H3;3H,1,4-5H2,2H3;4H2,1-3H3;2H,1H2,(H,4,5);2*4H,1-2H3;1-2H3;2H,1H3;1H. The summed E-state index contributed by atoms with van der Waals surface area (Å²) in [5, 5.41) is 23.4. The summed E-state index contributed by atoms with van der Waals surface area (Å²) in [6, 6.07) is 4.04. The molecule has 39 heteroatoms. The summed E-state index contributed by atoms with van der Waals surface area (Å²) in [4.78, 5) is 98.0. The zero-order valence-electron chi connectivity index (χ0n) is 82.5. The zero-order valence-corrected chi connectivity index (χ0v) is 103. The van der Waals surface area contributed by atoms with E-state index in [1.54, 1.807) is 55.6 Å². The third-order valence-corrected chi connectivity index (χ3v) is 31.1. The monoisotopic (exact) mass is 2290 g/mol. The number of aliphatic carboxylic acids is 2. The number of esters is 6. The minimum atomic E-state index is -1.93. The van der Waals surface area contributed by atoms with Gasteiger partial charge in [0, 0.05) is 26.4 Å². The molecule has 0 bridgehead atoms. The Morgan fingerprint density at radius 2 is 0.802 bits per heavy atom. The van der Waals surface area contributed by atoms with Crippen molar-refractivity contribution in [2.75, 3.05) is 54.9 Å². The predicted octanol–water partition coefficient (Wildman–Crippen LogP) is 26.1. The maximum Gasteiger partial charge on any atom is 0.330 e. The van der Waals surface area contributed by atoms with Crippen molar-refractivity contribution in [2.24, 2.45) is 22.7 Å². The molecule has 21 nitrogen and oxygen atoms in total. The number of nitrogens with one attached hydrogen (secondary N) is 1. The maximum absolute atomic E-state index is 12.1. The summed E-state index contributed by atoms with van der Waals surface area (Å²) in [7, 11) is -3.94. The van der Waals surface area contributed by atoms with E-state index in [2.05, 4.69) is 259 Å². The van der Waals surface area contributed by atoms with E-state index in [1.807, 2.05) is 60.7 Å². The van der Waals surface area contributed by atoms with Crippen LogP contribution in [-0.4, -0.2) is 211 Å². The number of alkyl halides is 5. The van der Waals surface area contributed by atoms with E-state index in [0.717, 1.165) is 56.7 Å². The number of unbranched alkanes of at least 4 members (excludes halogenated alkanes) is 1. The number of carbonyl (C=O) groups excluding carboxylic acids is 7. The van der Waals surface area contributed by atoms with E-state index in [4.69, 9.17) is 87.4 Å². The van der Waals surface area contributed by atoms with Crippen LogP contribution in [0.15, 0.2) is 50.6 Å². The van der Waals surface area contributed by atoms with Crippen molar-refractivity contribution in [3.63, 3.8) is 0 Å². The summed E-state index contributed by atoms with van der Waals surface area (Å²) in [6.45, 7) is 88.8. The molecular weight excluding hydrogens is 2120 g/mol. The average Bonchev–Trinajstić information content (AvgIpc) is 0.870.